The van der Waals surface area contributed by atoms with E-state index in [0.29, 0.717) is 6.61 Å². The molecule has 0 aliphatic carbocycles. The molecule has 1 rings (SSSR count). The molecule has 1 saturated heterocycles. The van der Waals surface area contributed by atoms with Gasteiger partial charge in [-0.2, -0.15) is 0 Å². The molecular weight excluding hydrogens is 300 g/mol. The standard InChI is InChI=1S/C21H42O3/c1-2-3-4-5-6-7-8-9-10-11-12-13-14-15-16-17-18-21-19-20-22-24-23-21/h21H,2-20H2,1H3. The van der Waals surface area contributed by atoms with Crippen molar-refractivity contribution in [2.24, 2.45) is 0 Å². The monoisotopic (exact) mass is 342 g/mol. The van der Waals surface area contributed by atoms with Crippen LogP contribution in [0, 0.1) is 0 Å². The maximum absolute atomic E-state index is 5.08. The average Bonchev–Trinajstić information content (AvgIpc) is 2.62. The van der Waals surface area contributed by atoms with Crippen molar-refractivity contribution >= 4 is 0 Å². The molecule has 0 aromatic heterocycles. The molecule has 0 amide bonds. The maximum atomic E-state index is 5.08. The fraction of sp³-hybridized carbons (Fsp3) is 1.00. The van der Waals surface area contributed by atoms with Crippen molar-refractivity contribution < 1.29 is 14.8 Å². The van der Waals surface area contributed by atoms with Crippen LogP contribution in [0.15, 0.2) is 0 Å². The molecule has 3 nitrogen and oxygen atoms in total. The number of unbranched alkanes of at least 4 members (excludes halogenated alkanes) is 15. The molecule has 1 aliphatic heterocycles. The molecule has 1 aliphatic rings. The molecular formula is C21H42O3. The summed E-state index contributed by atoms with van der Waals surface area (Å²) < 4.78 is 0. The Bertz CT molecular complexity index is 239. The first-order chi connectivity index (χ1) is 11.9. The van der Waals surface area contributed by atoms with Gasteiger partial charge in [-0.05, 0) is 6.42 Å². The van der Waals surface area contributed by atoms with Crippen LogP contribution in [0.4, 0.5) is 0 Å². The fourth-order valence-electron chi connectivity index (χ4n) is 3.46. The summed E-state index contributed by atoms with van der Waals surface area (Å²) in [7, 11) is 0. The van der Waals surface area contributed by atoms with Crippen molar-refractivity contribution in [3.63, 3.8) is 0 Å². The zero-order valence-electron chi connectivity index (χ0n) is 16.2. The van der Waals surface area contributed by atoms with Crippen LogP contribution in [0.25, 0.3) is 0 Å². The second-order valence-corrected chi connectivity index (χ2v) is 7.49. The lowest BCUT2D eigenvalue weighted by atomic mass is 10.0. The Morgan fingerprint density at radius 2 is 1.08 bits per heavy atom. The minimum absolute atomic E-state index is 0.255. The van der Waals surface area contributed by atoms with Gasteiger partial charge in [-0.1, -0.05) is 115 Å². The summed E-state index contributed by atoms with van der Waals surface area (Å²) in [6.45, 7) is 2.96. The Morgan fingerprint density at radius 3 is 1.50 bits per heavy atom. The summed E-state index contributed by atoms with van der Waals surface area (Å²) in [6, 6.07) is 0. The van der Waals surface area contributed by atoms with Crippen molar-refractivity contribution in [2.75, 3.05) is 6.61 Å². The van der Waals surface area contributed by atoms with Gasteiger partial charge in [0.25, 0.3) is 0 Å². The van der Waals surface area contributed by atoms with E-state index in [1.807, 2.05) is 0 Å². The van der Waals surface area contributed by atoms with E-state index in [4.69, 9.17) is 9.78 Å². The van der Waals surface area contributed by atoms with Gasteiger partial charge in [0.2, 0.25) is 0 Å². The highest BCUT2D eigenvalue weighted by atomic mass is 17.5. The van der Waals surface area contributed by atoms with Crippen LogP contribution in [0.2, 0.25) is 0 Å². The highest BCUT2D eigenvalue weighted by Crippen LogP contribution is 2.17. The normalized spacial score (nSPS) is 18.1. The van der Waals surface area contributed by atoms with E-state index in [0.717, 1.165) is 12.8 Å². The lowest BCUT2D eigenvalue weighted by molar-refractivity contribution is -0.549. The van der Waals surface area contributed by atoms with Gasteiger partial charge in [0.15, 0.2) is 0 Å². The van der Waals surface area contributed by atoms with E-state index in [-0.39, 0.29) is 6.10 Å². The molecule has 1 atom stereocenters. The van der Waals surface area contributed by atoms with E-state index in [1.54, 1.807) is 0 Å². The van der Waals surface area contributed by atoms with Crippen molar-refractivity contribution in [1.29, 1.82) is 0 Å². The molecule has 0 spiro atoms. The molecule has 0 aromatic carbocycles. The van der Waals surface area contributed by atoms with Crippen molar-refractivity contribution in [2.45, 2.75) is 129 Å². The van der Waals surface area contributed by atoms with Crippen molar-refractivity contribution in [3.05, 3.63) is 0 Å². The van der Waals surface area contributed by atoms with Gasteiger partial charge in [-0.3, -0.25) is 0 Å². The quantitative estimate of drug-likeness (QED) is 0.205. The lowest BCUT2D eigenvalue weighted by Gasteiger charge is -2.19. The smallest absolute Gasteiger partial charge is 0.0984 e. The molecule has 1 fully saturated rings. The maximum Gasteiger partial charge on any atom is 0.0984 e. The third-order valence-corrected chi connectivity index (χ3v) is 5.13. The number of hydrogen-bond donors (Lipinski definition) is 0. The summed E-state index contributed by atoms with van der Waals surface area (Å²) in [5.74, 6) is 0. The first-order valence-electron chi connectivity index (χ1n) is 10.9. The second-order valence-electron chi connectivity index (χ2n) is 7.49. The second kappa shape index (κ2) is 17.7. The van der Waals surface area contributed by atoms with E-state index < -0.39 is 0 Å². The van der Waals surface area contributed by atoms with Crippen LogP contribution in [0.5, 0.6) is 0 Å². The molecule has 24 heavy (non-hydrogen) atoms. The van der Waals surface area contributed by atoms with Crippen LogP contribution in [0.3, 0.4) is 0 Å². The van der Waals surface area contributed by atoms with Gasteiger partial charge in [-0.15, -0.1) is 0 Å². The Hall–Kier alpha value is -0.120. The molecule has 0 N–H and O–H groups in total. The predicted molar refractivity (Wildman–Crippen MR) is 101 cm³/mol. The molecule has 0 aromatic rings. The van der Waals surface area contributed by atoms with Crippen molar-refractivity contribution in [3.8, 4) is 0 Å². The molecule has 3 heteroatoms. The summed E-state index contributed by atoms with van der Waals surface area (Å²) in [6.07, 6.45) is 25.0. The summed E-state index contributed by atoms with van der Waals surface area (Å²) in [4.78, 5) is 9.79. The summed E-state index contributed by atoms with van der Waals surface area (Å²) >= 11 is 0. The molecule has 0 saturated carbocycles. The first kappa shape index (κ1) is 21.9. The molecule has 1 heterocycles. The van der Waals surface area contributed by atoms with Gasteiger partial charge < -0.3 is 0 Å². The largest absolute Gasteiger partial charge is 0.206 e. The van der Waals surface area contributed by atoms with Crippen LogP contribution < -0.4 is 0 Å². The Labute approximate surface area is 150 Å². The average molecular weight is 343 g/mol. The molecule has 0 radical (unpaired) electrons. The highest BCUT2D eigenvalue weighted by Gasteiger charge is 2.15. The SMILES string of the molecule is CCCCCCCCCCCCCCCCCCC1CCOOO1. The Kier molecular flexibility index (Phi) is 16.2. The summed E-state index contributed by atoms with van der Waals surface area (Å²) in [5, 5.41) is 4.56. The predicted octanol–water partition coefficient (Wildman–Crippen LogP) is 7.29. The summed E-state index contributed by atoms with van der Waals surface area (Å²) in [5.41, 5.74) is 0. The highest BCUT2D eigenvalue weighted by molar-refractivity contribution is 4.58. The minimum Gasteiger partial charge on any atom is -0.206 e. The van der Waals surface area contributed by atoms with Gasteiger partial charge in [0, 0.05) is 6.42 Å². The van der Waals surface area contributed by atoms with Gasteiger partial charge in [-0.25, -0.2) is 9.78 Å². The third kappa shape index (κ3) is 14.2. The van der Waals surface area contributed by atoms with E-state index in [9.17, 15) is 0 Å². The van der Waals surface area contributed by atoms with Crippen LogP contribution in [-0.2, 0) is 14.8 Å². The molecule has 0 bridgehead atoms. The molecule has 144 valence electrons. The van der Waals surface area contributed by atoms with Crippen molar-refractivity contribution in [1.82, 2.24) is 0 Å². The van der Waals surface area contributed by atoms with Gasteiger partial charge in [0.05, 0.1) is 12.7 Å². The first-order valence-corrected chi connectivity index (χ1v) is 10.9. The minimum atomic E-state index is 0.255. The number of rotatable bonds is 17. The van der Waals surface area contributed by atoms with Crippen LogP contribution in [0.1, 0.15) is 122 Å². The van der Waals surface area contributed by atoms with E-state index in [1.165, 1.54) is 103 Å². The topological polar surface area (TPSA) is 27.7 Å². The zero-order chi connectivity index (χ0) is 17.1. The third-order valence-electron chi connectivity index (χ3n) is 5.13. The van der Waals surface area contributed by atoms with Gasteiger partial charge in [0.1, 0.15) is 0 Å². The van der Waals surface area contributed by atoms with E-state index in [2.05, 4.69) is 12.0 Å². The van der Waals surface area contributed by atoms with Gasteiger partial charge >= 0.3 is 0 Å². The number of hydrogen-bond acceptors (Lipinski definition) is 3. The molecule has 1 unspecified atom stereocenters. The van der Waals surface area contributed by atoms with Crippen LogP contribution >= 0.6 is 0 Å². The zero-order valence-corrected chi connectivity index (χ0v) is 16.2. The fourth-order valence-corrected chi connectivity index (χ4v) is 3.46. The lowest BCUT2D eigenvalue weighted by Crippen LogP contribution is -2.21. The van der Waals surface area contributed by atoms with E-state index >= 15 is 0 Å². The Balaban J connectivity index is 1.66. The Morgan fingerprint density at radius 1 is 0.625 bits per heavy atom. The van der Waals surface area contributed by atoms with Crippen LogP contribution in [-0.4, -0.2) is 12.7 Å².